The fraction of sp³-hybridized carbons (Fsp3) is 0.0909. The number of rotatable bonds is 3. The van der Waals surface area contributed by atoms with Crippen molar-refractivity contribution in [3.63, 3.8) is 0 Å². The zero-order valence-electron chi connectivity index (χ0n) is 15.5. The number of pyridine rings is 1. The predicted molar refractivity (Wildman–Crippen MR) is 107 cm³/mol. The van der Waals surface area contributed by atoms with Gasteiger partial charge in [0, 0.05) is 42.2 Å². The molecule has 0 saturated carbocycles. The zero-order valence-corrected chi connectivity index (χ0v) is 15.5. The molecular formula is C22H16F2N4O. The van der Waals surface area contributed by atoms with Gasteiger partial charge in [0.25, 0.3) is 0 Å². The maximum absolute atomic E-state index is 14.9. The number of benzene rings is 2. The van der Waals surface area contributed by atoms with Gasteiger partial charge in [0.1, 0.15) is 11.6 Å². The van der Waals surface area contributed by atoms with Gasteiger partial charge >= 0.3 is 0 Å². The summed E-state index contributed by atoms with van der Waals surface area (Å²) in [7, 11) is 1.81. The monoisotopic (exact) mass is 390 g/mol. The van der Waals surface area contributed by atoms with Crippen molar-refractivity contribution in [2.45, 2.75) is 6.54 Å². The molecule has 3 heterocycles. The second-order valence-electron chi connectivity index (χ2n) is 7.02. The number of halogens is 2. The van der Waals surface area contributed by atoms with Crippen LogP contribution in [-0.4, -0.2) is 24.4 Å². The van der Waals surface area contributed by atoms with Gasteiger partial charge < -0.3 is 9.67 Å². The van der Waals surface area contributed by atoms with Gasteiger partial charge in [-0.1, -0.05) is 6.07 Å². The van der Waals surface area contributed by atoms with Gasteiger partial charge in [-0.2, -0.15) is 5.10 Å². The van der Waals surface area contributed by atoms with Crippen LogP contribution in [0.1, 0.15) is 5.56 Å². The fourth-order valence-electron chi connectivity index (χ4n) is 3.62. The van der Waals surface area contributed by atoms with E-state index < -0.39 is 11.6 Å². The first-order valence-electron chi connectivity index (χ1n) is 9.04. The topological polar surface area (TPSA) is 55.9 Å². The van der Waals surface area contributed by atoms with Gasteiger partial charge in [0.15, 0.2) is 0 Å². The van der Waals surface area contributed by atoms with E-state index in [4.69, 9.17) is 0 Å². The standard InChI is InChI=1S/C22H16F2N4O/c1-27-10-15-7-13(4-5-20(15)26-27)17-9-18(23)14(8-19(17)24)11-28-12-21-16(22(28)29)3-2-6-25-21/h2-10,12,29H,11H2,1H3. The second kappa shape index (κ2) is 6.41. The van der Waals surface area contributed by atoms with E-state index in [1.165, 1.54) is 16.7 Å². The van der Waals surface area contributed by atoms with Gasteiger partial charge in [-0.15, -0.1) is 0 Å². The highest BCUT2D eigenvalue weighted by Gasteiger charge is 2.15. The number of hydrogen-bond donors (Lipinski definition) is 1. The normalized spacial score (nSPS) is 11.6. The molecule has 0 unspecified atom stereocenters. The van der Waals surface area contributed by atoms with Crippen molar-refractivity contribution in [3.8, 4) is 17.0 Å². The molecule has 0 spiro atoms. The number of nitrogens with zero attached hydrogens (tertiary/aromatic N) is 4. The van der Waals surface area contributed by atoms with E-state index >= 15 is 0 Å². The number of hydrogen-bond acceptors (Lipinski definition) is 3. The average Bonchev–Trinajstić information content (AvgIpc) is 3.23. The van der Waals surface area contributed by atoms with Crippen molar-refractivity contribution < 1.29 is 13.9 Å². The Bertz CT molecular complexity index is 1390. The van der Waals surface area contributed by atoms with E-state index in [9.17, 15) is 13.9 Å². The fourth-order valence-corrected chi connectivity index (χ4v) is 3.62. The first kappa shape index (κ1) is 17.4. The van der Waals surface area contributed by atoms with Crippen LogP contribution in [-0.2, 0) is 13.6 Å². The molecule has 5 rings (SSSR count). The Morgan fingerprint density at radius 1 is 1.00 bits per heavy atom. The van der Waals surface area contributed by atoms with Crippen molar-refractivity contribution in [2.75, 3.05) is 0 Å². The van der Waals surface area contributed by atoms with Crippen LogP contribution in [0.4, 0.5) is 8.78 Å². The highest BCUT2D eigenvalue weighted by atomic mass is 19.1. The predicted octanol–water partition coefficient (Wildman–Crippen LogP) is 4.62. The van der Waals surface area contributed by atoms with E-state index in [-0.39, 0.29) is 23.6 Å². The first-order valence-corrected chi connectivity index (χ1v) is 9.04. The third kappa shape index (κ3) is 2.91. The lowest BCUT2D eigenvalue weighted by Gasteiger charge is -2.10. The lowest BCUT2D eigenvalue weighted by molar-refractivity contribution is 0.428. The molecule has 7 heteroatoms. The van der Waals surface area contributed by atoms with Crippen LogP contribution in [0.3, 0.4) is 0 Å². The minimum absolute atomic E-state index is 0.00708. The molecule has 0 aliphatic heterocycles. The molecular weight excluding hydrogens is 374 g/mol. The summed E-state index contributed by atoms with van der Waals surface area (Å²) in [5.74, 6) is -1.10. The molecule has 0 fully saturated rings. The van der Waals surface area contributed by atoms with Crippen LogP contribution < -0.4 is 0 Å². The number of fused-ring (bicyclic) bond motifs is 2. The van der Waals surface area contributed by atoms with Crippen LogP contribution >= 0.6 is 0 Å². The molecule has 0 radical (unpaired) electrons. The van der Waals surface area contributed by atoms with Crippen LogP contribution in [0.2, 0.25) is 0 Å². The summed E-state index contributed by atoms with van der Waals surface area (Å²) in [6.45, 7) is -0.00708. The van der Waals surface area contributed by atoms with Crippen LogP contribution in [0.15, 0.2) is 61.1 Å². The Labute approximate surface area is 164 Å². The minimum Gasteiger partial charge on any atom is -0.494 e. The largest absolute Gasteiger partial charge is 0.494 e. The maximum Gasteiger partial charge on any atom is 0.201 e. The molecule has 0 saturated heterocycles. The third-order valence-electron chi connectivity index (χ3n) is 5.04. The Kier molecular flexibility index (Phi) is 3.84. The molecule has 0 aliphatic carbocycles. The van der Waals surface area contributed by atoms with Gasteiger partial charge in [0.2, 0.25) is 5.88 Å². The highest BCUT2D eigenvalue weighted by Crippen LogP contribution is 2.30. The summed E-state index contributed by atoms with van der Waals surface area (Å²) < 4.78 is 32.8. The minimum atomic E-state index is -0.544. The van der Waals surface area contributed by atoms with E-state index in [0.717, 1.165) is 10.9 Å². The Morgan fingerprint density at radius 3 is 2.69 bits per heavy atom. The van der Waals surface area contributed by atoms with Crippen molar-refractivity contribution in [1.29, 1.82) is 0 Å². The lowest BCUT2D eigenvalue weighted by atomic mass is 10.0. The summed E-state index contributed by atoms with van der Waals surface area (Å²) in [4.78, 5) is 4.17. The van der Waals surface area contributed by atoms with Gasteiger partial charge in [-0.25, -0.2) is 8.78 Å². The van der Waals surface area contributed by atoms with Crippen LogP contribution in [0, 0.1) is 11.6 Å². The molecule has 1 N–H and O–H groups in total. The van der Waals surface area contributed by atoms with E-state index in [0.29, 0.717) is 16.5 Å². The van der Waals surface area contributed by atoms with E-state index in [1.807, 2.05) is 13.2 Å². The maximum atomic E-state index is 14.9. The van der Waals surface area contributed by atoms with Crippen molar-refractivity contribution in [1.82, 2.24) is 19.3 Å². The summed E-state index contributed by atoms with van der Waals surface area (Å²) in [6.07, 6.45) is 5.06. The molecule has 144 valence electrons. The van der Waals surface area contributed by atoms with Gasteiger partial charge in [0.05, 0.1) is 23.0 Å². The molecule has 5 aromatic rings. The van der Waals surface area contributed by atoms with Crippen molar-refractivity contribution in [2.24, 2.45) is 7.05 Å². The molecule has 5 nitrogen and oxygen atoms in total. The van der Waals surface area contributed by atoms with Gasteiger partial charge in [-0.05, 0) is 42.0 Å². The van der Waals surface area contributed by atoms with Crippen LogP contribution in [0.5, 0.6) is 5.88 Å². The summed E-state index contributed by atoms with van der Waals surface area (Å²) in [6, 6.07) is 11.1. The summed E-state index contributed by atoms with van der Waals surface area (Å²) in [5.41, 5.74) is 2.28. The molecule has 29 heavy (non-hydrogen) atoms. The molecule has 0 aliphatic rings. The van der Waals surface area contributed by atoms with Gasteiger partial charge in [-0.3, -0.25) is 9.67 Å². The quantitative estimate of drug-likeness (QED) is 0.489. The average molecular weight is 390 g/mol. The third-order valence-corrected chi connectivity index (χ3v) is 5.04. The van der Waals surface area contributed by atoms with Crippen LogP contribution in [0.25, 0.3) is 32.9 Å². The summed E-state index contributed by atoms with van der Waals surface area (Å²) >= 11 is 0. The molecule has 2 aromatic carbocycles. The molecule has 3 aromatic heterocycles. The Morgan fingerprint density at radius 2 is 1.86 bits per heavy atom. The van der Waals surface area contributed by atoms with E-state index in [2.05, 4.69) is 10.1 Å². The number of aromatic nitrogens is 4. The first-order chi connectivity index (χ1) is 14.0. The van der Waals surface area contributed by atoms with Crippen molar-refractivity contribution >= 4 is 21.8 Å². The Balaban J connectivity index is 1.54. The molecule has 0 bridgehead atoms. The summed E-state index contributed by atoms with van der Waals surface area (Å²) in [5, 5.41) is 16.1. The van der Waals surface area contributed by atoms with E-state index in [1.54, 1.807) is 47.4 Å². The smallest absolute Gasteiger partial charge is 0.201 e. The lowest BCUT2D eigenvalue weighted by Crippen LogP contribution is -2.02. The number of aryl methyl sites for hydroxylation is 1. The SMILES string of the molecule is Cn1cc2cc(-c3cc(F)c(Cn4cc5ncccc5c4O)cc3F)ccc2n1. The molecule has 0 atom stereocenters. The highest BCUT2D eigenvalue weighted by molar-refractivity contribution is 5.85. The number of aromatic hydroxyl groups is 1. The van der Waals surface area contributed by atoms with Crippen molar-refractivity contribution in [3.05, 3.63) is 78.3 Å². The Hall–Kier alpha value is -3.74. The second-order valence-corrected chi connectivity index (χ2v) is 7.02. The zero-order chi connectivity index (χ0) is 20.1. The molecule has 0 amide bonds.